The van der Waals surface area contributed by atoms with Gasteiger partial charge in [-0.2, -0.15) is 0 Å². The van der Waals surface area contributed by atoms with Crippen LogP contribution in [-0.4, -0.2) is 35.7 Å². The van der Waals surface area contributed by atoms with Gasteiger partial charge in [0.1, 0.15) is 11.2 Å². The molecule has 1 heterocycles. The van der Waals surface area contributed by atoms with E-state index in [1.165, 1.54) is 0 Å². The van der Waals surface area contributed by atoms with Crippen LogP contribution in [0.25, 0.3) is 10.9 Å². The van der Waals surface area contributed by atoms with Gasteiger partial charge in [0.05, 0.1) is 11.3 Å². The van der Waals surface area contributed by atoms with Crippen molar-refractivity contribution < 1.29 is 19.1 Å². The van der Waals surface area contributed by atoms with Crippen molar-refractivity contribution in [3.8, 4) is 0 Å². The molecule has 190 valence electrons. The molecule has 34 heavy (non-hydrogen) atoms. The second-order valence-corrected chi connectivity index (χ2v) is 17.8. The van der Waals surface area contributed by atoms with E-state index >= 15 is 0 Å². The zero-order valence-electron chi connectivity index (χ0n) is 23.1. The summed E-state index contributed by atoms with van der Waals surface area (Å²) < 4.78 is 13.7. The highest BCUT2D eigenvalue weighted by Gasteiger charge is 2.46. The van der Waals surface area contributed by atoms with Crippen molar-refractivity contribution in [2.75, 3.05) is 5.32 Å². The molecule has 0 saturated heterocycles. The average molecular weight is 489 g/mol. The maximum Gasteiger partial charge on any atom is 0.412 e. The van der Waals surface area contributed by atoms with Gasteiger partial charge in [-0.1, -0.05) is 47.6 Å². The second kappa shape index (κ2) is 9.76. The molecule has 7 heteroatoms. The highest BCUT2D eigenvalue weighted by atomic mass is 28.3. The number of carbonyl (C=O) groups excluding carboxylic acids is 2. The molecular weight excluding hydrogens is 444 g/mol. The molecule has 0 spiro atoms. The number of rotatable bonds is 6. The smallest absolute Gasteiger partial charge is 0.412 e. The quantitative estimate of drug-likeness (QED) is 0.331. The molecule has 1 aromatic carbocycles. The van der Waals surface area contributed by atoms with E-state index in [-0.39, 0.29) is 0 Å². The summed E-state index contributed by atoms with van der Waals surface area (Å²) in [5, 5.41) is 3.58. The highest BCUT2D eigenvalue weighted by Crippen LogP contribution is 2.46. The van der Waals surface area contributed by atoms with Crippen molar-refractivity contribution in [2.45, 2.75) is 111 Å². The van der Waals surface area contributed by atoms with E-state index in [1.54, 1.807) is 0 Å². The first-order chi connectivity index (χ1) is 15.4. The summed E-state index contributed by atoms with van der Waals surface area (Å²) in [5.41, 5.74) is 1.97. The largest absolute Gasteiger partial charge is 0.456 e. The van der Waals surface area contributed by atoms with Crippen LogP contribution in [0.15, 0.2) is 24.4 Å². The van der Waals surface area contributed by atoms with Gasteiger partial charge in [0.15, 0.2) is 8.24 Å². The number of hydrogen-bond acceptors (Lipinski definition) is 4. The Labute approximate surface area is 206 Å². The third kappa shape index (κ3) is 5.67. The van der Waals surface area contributed by atoms with Crippen LogP contribution in [0.5, 0.6) is 0 Å². The Bertz CT molecular complexity index is 1020. The zero-order chi connectivity index (χ0) is 26.2. The maximum atomic E-state index is 13.4. The van der Waals surface area contributed by atoms with Crippen molar-refractivity contribution in [1.29, 1.82) is 0 Å². The van der Waals surface area contributed by atoms with E-state index in [1.807, 2.05) is 65.9 Å². The molecule has 0 bridgehead atoms. The van der Waals surface area contributed by atoms with Crippen molar-refractivity contribution in [3.05, 3.63) is 30.0 Å². The minimum absolute atomic E-state index is 0.395. The van der Waals surface area contributed by atoms with Crippen LogP contribution in [0.3, 0.4) is 0 Å². The van der Waals surface area contributed by atoms with Crippen LogP contribution in [0.2, 0.25) is 16.6 Å². The third-order valence-electron chi connectivity index (χ3n) is 6.28. The number of amides is 1. The minimum Gasteiger partial charge on any atom is -0.456 e. The SMILES string of the molecule is CC(C)[Si](C(C)C)(C(C)C)n1cc(C(=O)OC(C)(C)C)c2c(NC(=O)OC(C)(C)C)cccc21. The molecule has 1 N–H and O–H groups in total. The van der Waals surface area contributed by atoms with Crippen molar-refractivity contribution >= 4 is 36.9 Å². The highest BCUT2D eigenvalue weighted by molar-refractivity contribution is 6.82. The number of anilines is 1. The molecule has 1 aromatic heterocycles. The molecule has 0 saturated carbocycles. The summed E-state index contributed by atoms with van der Waals surface area (Å²) in [6.07, 6.45) is 1.42. The standard InChI is InChI=1S/C27H44N2O4Si/c1-17(2)34(18(3)4,19(5)6)29-16-20(24(30)32-26(7,8)9)23-21(14-13-15-22(23)29)28-25(31)33-27(10,11)12/h13-19H,1-12H3,(H,28,31). The minimum atomic E-state index is -2.19. The van der Waals surface area contributed by atoms with Crippen LogP contribution >= 0.6 is 0 Å². The Morgan fingerprint density at radius 3 is 1.79 bits per heavy atom. The molecule has 2 rings (SSSR count). The van der Waals surface area contributed by atoms with Gasteiger partial charge in [0, 0.05) is 17.1 Å². The summed E-state index contributed by atoms with van der Waals surface area (Å²) in [4.78, 5) is 26.1. The first kappa shape index (κ1) is 28.0. The van der Waals surface area contributed by atoms with Gasteiger partial charge in [-0.05, 0) is 70.3 Å². The molecule has 2 aromatic rings. The lowest BCUT2D eigenvalue weighted by atomic mass is 10.1. The Morgan fingerprint density at radius 2 is 1.35 bits per heavy atom. The Kier molecular flexibility index (Phi) is 8.03. The zero-order valence-corrected chi connectivity index (χ0v) is 24.1. The molecule has 0 radical (unpaired) electrons. The molecule has 0 aliphatic heterocycles. The van der Waals surface area contributed by atoms with E-state index in [0.29, 0.717) is 33.3 Å². The van der Waals surface area contributed by atoms with Gasteiger partial charge in [-0.15, -0.1) is 0 Å². The number of nitrogens with one attached hydrogen (secondary N) is 1. The lowest BCUT2D eigenvalue weighted by Crippen LogP contribution is -2.51. The van der Waals surface area contributed by atoms with Gasteiger partial charge >= 0.3 is 12.1 Å². The van der Waals surface area contributed by atoms with Gasteiger partial charge in [-0.3, -0.25) is 5.32 Å². The van der Waals surface area contributed by atoms with Crippen LogP contribution in [0.4, 0.5) is 10.5 Å². The molecule has 6 nitrogen and oxygen atoms in total. The normalized spacial score (nSPS) is 13.1. The van der Waals surface area contributed by atoms with Crippen LogP contribution in [0, 0.1) is 0 Å². The van der Waals surface area contributed by atoms with Crippen LogP contribution < -0.4 is 5.32 Å². The number of fused-ring (bicyclic) bond motifs is 1. The Morgan fingerprint density at radius 1 is 0.853 bits per heavy atom. The number of aromatic nitrogens is 1. The van der Waals surface area contributed by atoms with E-state index in [0.717, 1.165) is 5.52 Å². The molecular formula is C27H44N2O4Si. The van der Waals surface area contributed by atoms with E-state index in [2.05, 4.69) is 51.1 Å². The number of benzene rings is 1. The van der Waals surface area contributed by atoms with Gasteiger partial charge in [0.25, 0.3) is 0 Å². The number of nitrogens with zero attached hydrogens (tertiary/aromatic N) is 1. The summed E-state index contributed by atoms with van der Waals surface area (Å²) in [6, 6.07) is 5.77. The van der Waals surface area contributed by atoms with Crippen LogP contribution in [-0.2, 0) is 9.47 Å². The van der Waals surface area contributed by atoms with Crippen molar-refractivity contribution in [3.63, 3.8) is 0 Å². The topological polar surface area (TPSA) is 69.6 Å². The Hall–Kier alpha value is -2.28. The van der Waals surface area contributed by atoms with Crippen molar-refractivity contribution in [2.24, 2.45) is 0 Å². The lowest BCUT2D eigenvalue weighted by molar-refractivity contribution is 0.00714. The second-order valence-electron chi connectivity index (χ2n) is 12.1. The number of ether oxygens (including phenoxy) is 2. The number of esters is 1. The van der Waals surface area contributed by atoms with Crippen molar-refractivity contribution in [1.82, 2.24) is 4.23 Å². The fourth-order valence-electron chi connectivity index (χ4n) is 5.45. The van der Waals surface area contributed by atoms with E-state index in [9.17, 15) is 9.59 Å². The molecule has 0 aliphatic rings. The summed E-state index contributed by atoms with van der Waals surface area (Å²) in [7, 11) is -2.19. The Balaban J connectivity index is 2.86. The molecule has 1 amide bonds. The van der Waals surface area contributed by atoms with Gasteiger partial charge in [0.2, 0.25) is 0 Å². The average Bonchev–Trinajstić information content (AvgIpc) is 2.99. The fraction of sp³-hybridized carbons (Fsp3) is 0.630. The molecule has 0 unspecified atom stereocenters. The van der Waals surface area contributed by atoms with E-state index < -0.39 is 31.5 Å². The fourth-order valence-corrected chi connectivity index (χ4v) is 12.1. The monoisotopic (exact) mass is 488 g/mol. The van der Waals surface area contributed by atoms with Gasteiger partial charge < -0.3 is 13.7 Å². The van der Waals surface area contributed by atoms with E-state index in [4.69, 9.17) is 9.47 Å². The van der Waals surface area contributed by atoms with Gasteiger partial charge in [-0.25, -0.2) is 9.59 Å². The molecule has 0 atom stereocenters. The number of hydrogen-bond donors (Lipinski definition) is 1. The summed E-state index contributed by atoms with van der Waals surface area (Å²) >= 11 is 0. The predicted octanol–water partition coefficient (Wildman–Crippen LogP) is 7.97. The van der Waals surface area contributed by atoms with Crippen LogP contribution in [0.1, 0.15) is 93.4 Å². The number of carbonyl (C=O) groups is 2. The summed E-state index contributed by atoms with van der Waals surface area (Å²) in [5.74, 6) is -0.395. The third-order valence-corrected chi connectivity index (χ3v) is 13.0. The first-order valence-electron chi connectivity index (χ1n) is 12.3. The first-order valence-corrected chi connectivity index (χ1v) is 14.5. The molecule has 0 aliphatic carbocycles. The maximum absolute atomic E-state index is 13.4. The summed E-state index contributed by atoms with van der Waals surface area (Å²) in [6.45, 7) is 24.8. The lowest BCUT2D eigenvalue weighted by Gasteiger charge is -2.44. The molecule has 0 fully saturated rings. The predicted molar refractivity (Wildman–Crippen MR) is 143 cm³/mol.